The Labute approximate surface area is 150 Å². The van der Waals surface area contributed by atoms with E-state index in [9.17, 15) is 10.1 Å². The molecular formula is C14H14N8OS2. The van der Waals surface area contributed by atoms with Gasteiger partial charge in [0, 0.05) is 4.88 Å². The van der Waals surface area contributed by atoms with Crippen molar-refractivity contribution < 1.29 is 4.79 Å². The molecule has 0 radical (unpaired) electrons. The predicted molar refractivity (Wildman–Crippen MR) is 94.0 cm³/mol. The number of hydrogen-bond acceptors (Lipinski definition) is 8. The van der Waals surface area contributed by atoms with E-state index >= 15 is 0 Å². The molecule has 3 aromatic heterocycles. The molecule has 0 unspecified atom stereocenters. The summed E-state index contributed by atoms with van der Waals surface area (Å²) in [5.41, 5.74) is 1.72. The standard InChI is InChI=1S/C14H14N8OS2/c15-5-9-8-3-1-2-4-10(8)25-12(9)18-11(23)6-24-14-20-19-13-21(16)7-17-22(13)14/h7H,1-4,6,16H2,(H,18,23). The van der Waals surface area contributed by atoms with Crippen LogP contribution < -0.4 is 11.2 Å². The highest BCUT2D eigenvalue weighted by Crippen LogP contribution is 2.37. The van der Waals surface area contributed by atoms with Crippen molar-refractivity contribution in [2.75, 3.05) is 16.9 Å². The molecule has 0 aliphatic heterocycles. The van der Waals surface area contributed by atoms with E-state index in [0.717, 1.165) is 31.2 Å². The number of fused-ring (bicyclic) bond motifs is 2. The van der Waals surface area contributed by atoms with E-state index in [1.54, 1.807) is 0 Å². The minimum Gasteiger partial charge on any atom is -0.335 e. The molecule has 128 valence electrons. The van der Waals surface area contributed by atoms with Gasteiger partial charge in [0.15, 0.2) is 0 Å². The molecule has 0 saturated carbocycles. The molecule has 0 spiro atoms. The number of thioether (sulfide) groups is 1. The number of nitrogens with one attached hydrogen (secondary N) is 1. The molecule has 0 fully saturated rings. The van der Waals surface area contributed by atoms with Gasteiger partial charge in [-0.15, -0.1) is 21.5 Å². The third-order valence-electron chi connectivity index (χ3n) is 3.99. The number of anilines is 1. The smallest absolute Gasteiger partial charge is 0.273 e. The summed E-state index contributed by atoms with van der Waals surface area (Å²) < 4.78 is 2.73. The Morgan fingerprint density at radius 2 is 2.28 bits per heavy atom. The van der Waals surface area contributed by atoms with Crippen molar-refractivity contribution in [3.05, 3.63) is 22.3 Å². The maximum atomic E-state index is 12.3. The molecule has 25 heavy (non-hydrogen) atoms. The number of nitrogens with two attached hydrogens (primary N) is 1. The molecule has 1 amide bonds. The second-order valence-corrected chi connectivity index (χ2v) is 7.64. The van der Waals surface area contributed by atoms with Crippen molar-refractivity contribution in [3.63, 3.8) is 0 Å². The number of nitrogens with zero attached hydrogens (tertiary/aromatic N) is 6. The summed E-state index contributed by atoms with van der Waals surface area (Å²) in [7, 11) is 0. The van der Waals surface area contributed by atoms with Crippen LogP contribution in [-0.4, -0.2) is 36.1 Å². The number of carbonyl (C=O) groups excluding carboxylic acids is 1. The van der Waals surface area contributed by atoms with E-state index < -0.39 is 0 Å². The topological polar surface area (TPSA) is 127 Å². The Morgan fingerprint density at radius 1 is 1.44 bits per heavy atom. The lowest BCUT2D eigenvalue weighted by Crippen LogP contribution is -2.14. The highest BCUT2D eigenvalue weighted by atomic mass is 32.2. The summed E-state index contributed by atoms with van der Waals surface area (Å²) in [6, 6.07) is 2.24. The molecule has 3 N–H and O–H groups in total. The summed E-state index contributed by atoms with van der Waals surface area (Å²) in [6.45, 7) is 0. The van der Waals surface area contributed by atoms with Crippen molar-refractivity contribution in [1.82, 2.24) is 24.5 Å². The van der Waals surface area contributed by atoms with Gasteiger partial charge in [-0.3, -0.25) is 4.79 Å². The van der Waals surface area contributed by atoms with Crippen LogP contribution >= 0.6 is 23.1 Å². The van der Waals surface area contributed by atoms with Crippen LogP contribution in [-0.2, 0) is 17.6 Å². The quantitative estimate of drug-likeness (QED) is 0.518. The number of amides is 1. The average molecular weight is 374 g/mol. The van der Waals surface area contributed by atoms with Crippen LogP contribution in [0.4, 0.5) is 5.00 Å². The minimum atomic E-state index is -0.191. The van der Waals surface area contributed by atoms with Crippen LogP contribution in [0.2, 0.25) is 0 Å². The van der Waals surface area contributed by atoms with E-state index in [-0.39, 0.29) is 11.7 Å². The second kappa shape index (κ2) is 6.38. The molecule has 3 aromatic rings. The summed E-state index contributed by atoms with van der Waals surface area (Å²) >= 11 is 2.73. The summed E-state index contributed by atoms with van der Waals surface area (Å²) in [6.07, 6.45) is 5.55. The summed E-state index contributed by atoms with van der Waals surface area (Å²) in [4.78, 5) is 13.5. The summed E-state index contributed by atoms with van der Waals surface area (Å²) in [5, 5.41) is 25.4. The molecule has 0 aromatic carbocycles. The van der Waals surface area contributed by atoms with Crippen LogP contribution in [0.5, 0.6) is 0 Å². The van der Waals surface area contributed by atoms with E-state index in [2.05, 4.69) is 26.7 Å². The van der Waals surface area contributed by atoms with Gasteiger partial charge >= 0.3 is 0 Å². The van der Waals surface area contributed by atoms with Crippen LogP contribution in [0.3, 0.4) is 0 Å². The van der Waals surface area contributed by atoms with Gasteiger partial charge in [0.2, 0.25) is 11.1 Å². The van der Waals surface area contributed by atoms with Gasteiger partial charge in [-0.05, 0) is 31.2 Å². The number of rotatable bonds is 4. The van der Waals surface area contributed by atoms with Crippen molar-refractivity contribution in [2.45, 2.75) is 30.8 Å². The first kappa shape index (κ1) is 15.9. The first-order valence-corrected chi connectivity index (χ1v) is 9.48. The number of hydrogen-bond donors (Lipinski definition) is 2. The van der Waals surface area contributed by atoms with E-state index in [1.807, 2.05) is 0 Å². The number of nitrogen functional groups attached to an aromatic ring is 1. The number of aryl methyl sites for hydroxylation is 1. The van der Waals surface area contributed by atoms with Gasteiger partial charge < -0.3 is 11.2 Å². The first-order chi connectivity index (χ1) is 12.2. The van der Waals surface area contributed by atoms with Crippen molar-refractivity contribution >= 4 is 39.8 Å². The average Bonchev–Trinajstić information content (AvgIpc) is 3.27. The molecule has 9 nitrogen and oxygen atoms in total. The third-order valence-corrected chi connectivity index (χ3v) is 6.11. The minimum absolute atomic E-state index is 0.145. The van der Waals surface area contributed by atoms with Gasteiger partial charge in [0.1, 0.15) is 17.4 Å². The van der Waals surface area contributed by atoms with Crippen molar-refractivity contribution in [2.24, 2.45) is 0 Å². The van der Waals surface area contributed by atoms with Gasteiger partial charge in [0.25, 0.3) is 5.78 Å². The zero-order chi connectivity index (χ0) is 17.4. The molecule has 3 heterocycles. The molecule has 0 saturated heterocycles. The molecule has 1 aliphatic carbocycles. The van der Waals surface area contributed by atoms with Crippen molar-refractivity contribution in [1.29, 1.82) is 5.26 Å². The number of carbonyl (C=O) groups is 1. The maximum absolute atomic E-state index is 12.3. The Kier molecular flexibility index (Phi) is 4.06. The van der Waals surface area contributed by atoms with E-state index in [4.69, 9.17) is 5.84 Å². The Bertz CT molecular complexity index is 995. The lowest BCUT2D eigenvalue weighted by atomic mass is 9.96. The zero-order valence-electron chi connectivity index (χ0n) is 13.1. The first-order valence-electron chi connectivity index (χ1n) is 7.68. The van der Waals surface area contributed by atoms with E-state index in [1.165, 1.54) is 43.5 Å². The third kappa shape index (κ3) is 2.83. The summed E-state index contributed by atoms with van der Waals surface area (Å²) in [5.74, 6) is 6.00. The lowest BCUT2D eigenvalue weighted by molar-refractivity contribution is -0.113. The highest BCUT2D eigenvalue weighted by Gasteiger charge is 2.22. The molecule has 0 bridgehead atoms. The molecule has 4 rings (SSSR count). The monoisotopic (exact) mass is 374 g/mol. The van der Waals surface area contributed by atoms with Gasteiger partial charge in [0.05, 0.1) is 11.3 Å². The van der Waals surface area contributed by atoms with Crippen molar-refractivity contribution in [3.8, 4) is 6.07 Å². The largest absolute Gasteiger partial charge is 0.335 e. The Balaban J connectivity index is 1.46. The Morgan fingerprint density at radius 3 is 3.12 bits per heavy atom. The SMILES string of the molecule is N#Cc1c(NC(=O)CSc2nnc3n(N)cnn23)sc2c1CCCC2. The molecule has 11 heteroatoms. The fourth-order valence-electron chi connectivity index (χ4n) is 2.83. The van der Waals surface area contributed by atoms with Gasteiger partial charge in [-0.25, -0.2) is 4.68 Å². The fraction of sp³-hybridized carbons (Fsp3) is 0.357. The van der Waals surface area contributed by atoms with Crippen LogP contribution in [0, 0.1) is 11.3 Å². The molecular weight excluding hydrogens is 360 g/mol. The molecule has 0 atom stereocenters. The van der Waals surface area contributed by atoms with Crippen LogP contribution in [0.25, 0.3) is 5.78 Å². The van der Waals surface area contributed by atoms with Gasteiger partial charge in [-0.2, -0.15) is 14.9 Å². The second-order valence-electron chi connectivity index (χ2n) is 5.60. The highest BCUT2D eigenvalue weighted by molar-refractivity contribution is 7.99. The fourth-order valence-corrected chi connectivity index (χ4v) is 4.77. The van der Waals surface area contributed by atoms with Crippen LogP contribution in [0.1, 0.15) is 28.8 Å². The van der Waals surface area contributed by atoms with Crippen LogP contribution in [0.15, 0.2) is 11.5 Å². The zero-order valence-corrected chi connectivity index (χ0v) is 14.7. The Hall–Kier alpha value is -2.58. The lowest BCUT2D eigenvalue weighted by Gasteiger charge is -2.09. The maximum Gasteiger partial charge on any atom is 0.273 e. The number of aromatic nitrogens is 5. The molecule has 1 aliphatic rings. The number of thiophene rings is 1. The normalized spacial score (nSPS) is 13.6. The predicted octanol–water partition coefficient (Wildman–Crippen LogP) is 1.18. The number of nitriles is 1. The van der Waals surface area contributed by atoms with Gasteiger partial charge in [-0.1, -0.05) is 11.8 Å². The van der Waals surface area contributed by atoms with E-state index in [0.29, 0.717) is 21.5 Å².